The topological polar surface area (TPSA) is 621 Å². The van der Waals surface area contributed by atoms with Crippen LogP contribution in [0.3, 0.4) is 0 Å². The molecule has 133 heavy (non-hydrogen) atoms. The number of nitrogens with two attached hydrogens (primary N) is 3. The molecule has 6 aromatic rings. The molecule has 0 bridgehead atoms. The van der Waals surface area contributed by atoms with Crippen molar-refractivity contribution in [2.75, 3.05) is 65.9 Å². The summed E-state index contributed by atoms with van der Waals surface area (Å²) in [6.45, 7) is 8.04. The first-order valence-corrected chi connectivity index (χ1v) is 45.8. The van der Waals surface area contributed by atoms with Gasteiger partial charge in [0, 0.05) is 119 Å². The van der Waals surface area contributed by atoms with Crippen LogP contribution in [0.25, 0.3) is 21.8 Å². The van der Waals surface area contributed by atoms with Crippen molar-refractivity contribution in [3.63, 3.8) is 0 Å². The Morgan fingerprint density at radius 1 is 0.519 bits per heavy atom. The monoisotopic (exact) mass is 1860 g/mol. The maximum absolute atomic E-state index is 15.7. The highest BCUT2D eigenvalue weighted by Gasteiger charge is 2.44. The van der Waals surface area contributed by atoms with E-state index >= 15 is 28.8 Å². The van der Waals surface area contributed by atoms with Gasteiger partial charge in [-0.05, 0) is 93.5 Å². The van der Waals surface area contributed by atoms with Crippen LogP contribution < -0.4 is 75.7 Å². The van der Waals surface area contributed by atoms with Crippen molar-refractivity contribution < 1.29 is 86.6 Å². The number of rotatable bonds is 26. The van der Waals surface area contributed by atoms with Gasteiger partial charge >= 0.3 is 0 Å². The predicted octanol–water partition coefficient (Wildman–Crippen LogP) is -1.75. The first-order valence-electron chi connectivity index (χ1n) is 44.7. The summed E-state index contributed by atoms with van der Waals surface area (Å²) in [4.78, 5) is 268. The van der Waals surface area contributed by atoms with Crippen LogP contribution in [0.1, 0.15) is 141 Å². The number of para-hydroxylation sites is 2. The number of hydrogen-bond acceptors (Lipinski definition) is 21. The van der Waals surface area contributed by atoms with Crippen LogP contribution in [0, 0.1) is 11.3 Å². The van der Waals surface area contributed by atoms with Gasteiger partial charge in [0.05, 0.1) is 31.7 Å². The number of thioether (sulfide) groups is 1. The lowest BCUT2D eigenvalue weighted by molar-refractivity contribution is -0.149. The minimum Gasteiger partial charge on any atom is -0.394 e. The Kier molecular flexibility index (Phi) is 40.1. The summed E-state index contributed by atoms with van der Waals surface area (Å²) < 4.78 is 0. The molecular formula is C90H128N24O18S. The quantitative estimate of drug-likeness (QED) is 0.0163. The number of aliphatic hydroxyl groups is 1. The number of aliphatic hydroxyl groups excluding tert-OH is 1. The number of carbonyl (C=O) groups excluding carboxylic acids is 17. The number of nitrogens with one attached hydrogen (secondary N) is 15. The van der Waals surface area contributed by atoms with Gasteiger partial charge in [-0.1, -0.05) is 120 Å². The highest BCUT2D eigenvalue weighted by molar-refractivity contribution is 8.00. The molecule has 2 aliphatic rings. The van der Waals surface area contributed by atoms with E-state index in [1.165, 1.54) is 54.6 Å². The number of primary amides is 2. The predicted molar refractivity (Wildman–Crippen MR) is 494 cm³/mol. The van der Waals surface area contributed by atoms with Crippen molar-refractivity contribution >= 4 is 140 Å². The second-order valence-electron chi connectivity index (χ2n) is 34.0. The molecule has 2 aliphatic heterocycles. The lowest BCUT2D eigenvalue weighted by Crippen LogP contribution is -2.62. The molecule has 2 saturated heterocycles. The van der Waals surface area contributed by atoms with Crippen molar-refractivity contribution in [2.24, 2.45) is 23.1 Å². The zero-order valence-electron chi connectivity index (χ0n) is 76.7. The normalized spacial score (nSPS) is 24.0. The number of hydrogen-bond donors (Lipinski definition) is 19. The van der Waals surface area contributed by atoms with Crippen LogP contribution in [-0.4, -0.2) is 306 Å². The van der Waals surface area contributed by atoms with E-state index in [-0.39, 0.29) is 89.6 Å². The molecule has 0 radical (unpaired) electrons. The van der Waals surface area contributed by atoms with Gasteiger partial charge in [0.25, 0.3) is 0 Å². The van der Waals surface area contributed by atoms with Gasteiger partial charge in [-0.25, -0.2) is 4.98 Å². The van der Waals surface area contributed by atoms with E-state index in [0.717, 1.165) is 36.3 Å². The summed E-state index contributed by atoms with van der Waals surface area (Å²) in [5, 5.41) is 49.6. The van der Waals surface area contributed by atoms with Crippen molar-refractivity contribution in [2.45, 2.75) is 229 Å². The Hall–Kier alpha value is -13.5. The van der Waals surface area contributed by atoms with Gasteiger partial charge in [0.1, 0.15) is 84.6 Å². The van der Waals surface area contributed by atoms with Gasteiger partial charge in [0.15, 0.2) is 5.96 Å². The Labute approximate surface area is 775 Å². The smallest absolute Gasteiger partial charge is 0.246 e. The molecule has 722 valence electrons. The molecule has 3 aromatic heterocycles. The molecule has 42 nitrogen and oxygen atoms in total. The van der Waals surface area contributed by atoms with E-state index in [0.29, 0.717) is 69.9 Å². The van der Waals surface area contributed by atoms with Gasteiger partial charge < -0.3 is 120 Å². The molecule has 8 rings (SSSR count). The number of unbranched alkanes of at least 4 members (excludes halogenated alkanes) is 2. The number of aromatic nitrogens is 4. The fourth-order valence-electron chi connectivity index (χ4n) is 15.9. The van der Waals surface area contributed by atoms with E-state index < -0.39 is 222 Å². The average Bonchev–Trinajstić information content (AvgIpc) is 1.78. The SMILES string of the molecule is CCCC[C@H]1C(=O)N(C)[C@@H](CCCC)C(=O)N[C@@H](CCCNC(=N)N)C(=O)N[C@H](C(=O)NCC(N)=O)CSCC(=O)N[C@@H](Cc2ccccc2)C(=O)N(C)[C@@H](C)C(=O)N[C@@H](CC(N)=O)C(=O)N2CCCC2C(=O)N[C@@H](Cc2cnc[nH]2)C(=O)N[C@@H](CC(C)C)C(=O)N(C)[C@H](C)C(=O)N[C@@H](Cc2c[nH]c3ccccc23)C(=O)N[C@@H](CO)C(=O)N[C@@H](Cc2c[nH]c3ccccc23)C(=O)N1C. The first kappa shape index (κ1) is 105. The number of guanidine groups is 1. The van der Waals surface area contributed by atoms with Gasteiger partial charge in [-0.3, -0.25) is 86.9 Å². The fraction of sp³-hybridized carbons (Fsp3) is 0.522. The van der Waals surface area contributed by atoms with Gasteiger partial charge in [-0.2, -0.15) is 0 Å². The third kappa shape index (κ3) is 30.0. The third-order valence-electron chi connectivity index (χ3n) is 23.7. The summed E-state index contributed by atoms with van der Waals surface area (Å²) in [6, 6.07) is 1.41. The number of H-pyrrole nitrogens is 3. The molecule has 2 fully saturated rings. The minimum absolute atomic E-state index is 0.000847. The number of nitrogens with zero attached hydrogens (tertiary/aromatic N) is 6. The second-order valence-corrected chi connectivity index (χ2v) is 35.1. The highest BCUT2D eigenvalue weighted by atomic mass is 32.2. The Morgan fingerprint density at radius 2 is 1.02 bits per heavy atom. The summed E-state index contributed by atoms with van der Waals surface area (Å²) >= 11 is 0.795. The lowest BCUT2D eigenvalue weighted by Gasteiger charge is -2.36. The van der Waals surface area contributed by atoms with Gasteiger partial charge in [0.2, 0.25) is 100 Å². The van der Waals surface area contributed by atoms with Crippen LogP contribution >= 0.6 is 11.8 Å². The number of carbonyl (C=O) groups is 17. The molecule has 0 saturated carbocycles. The van der Waals surface area contributed by atoms with E-state index in [1.807, 2.05) is 13.8 Å². The second kappa shape index (κ2) is 50.8. The molecule has 22 N–H and O–H groups in total. The van der Waals surface area contributed by atoms with Crippen LogP contribution in [0.15, 0.2) is 104 Å². The Morgan fingerprint density at radius 3 is 1.59 bits per heavy atom. The van der Waals surface area contributed by atoms with Crippen molar-refractivity contribution in [3.05, 3.63) is 126 Å². The molecule has 14 atom stereocenters. The molecule has 43 heteroatoms. The maximum atomic E-state index is 15.7. The highest BCUT2D eigenvalue weighted by Crippen LogP contribution is 2.26. The maximum Gasteiger partial charge on any atom is 0.246 e. The molecule has 3 aromatic carbocycles. The van der Waals surface area contributed by atoms with Crippen LogP contribution in [-0.2, 0) is 107 Å². The first-order chi connectivity index (χ1) is 63.3. The number of amides is 17. The number of aromatic amines is 3. The minimum atomic E-state index is -1.86. The number of benzene rings is 3. The lowest BCUT2D eigenvalue weighted by atomic mass is 10.00. The standard InChI is InChI=1S/C90H128N24O18S/c1-11-13-31-70-83(126)102-61(30-22-34-96-90(93)94)79(122)109-69(78(121)99-45-74(92)117)47-133-48-75(118)101-65(37-53-24-16-15-17-25-53)86(129)111(8)52(6)77(120)105-67(41-73(91)116)88(131)114-35-23-33-71(114)84(127)104-63(40-56-44-95-49-100-56)81(124)106-64(36-50(3)4)85(128)110(7)51(5)76(119)103-62(38-54-42-97-59-28-20-18-26-57(54)59)80(123)108-68(46-115)82(125)107-66(39-55-43-98-60-29-21-19-27-58(55)60)87(130)113(10)72(32-14-12-2)89(132)112(70)9/h15-21,24-29,42-44,49-52,61-72,97-98,115H,11-14,22-23,30-41,45-48H2,1-10H3,(H2,91,116)(H2,92,117)(H,95,100)(H,99,121)(H,101,118)(H,102,126)(H,103,119)(H,104,127)(H,105,120)(H,106,124)(H,107,125)(H,108,123)(H,109,122)(H4,93,94,96)/t51-,52+,61+,62+,63+,64+,65+,66+,67+,68+,69+,70+,71?,72+/m1/s1. The number of likely N-dealkylation sites (N-methyl/N-ethyl adjacent to an activating group) is 4. The molecule has 0 spiro atoms. The molecule has 5 heterocycles. The molecule has 0 aliphatic carbocycles. The average molecular weight is 1870 g/mol. The zero-order chi connectivity index (χ0) is 97.4. The summed E-state index contributed by atoms with van der Waals surface area (Å²) in [7, 11) is 5.27. The van der Waals surface area contributed by atoms with Crippen molar-refractivity contribution in [3.8, 4) is 0 Å². The molecular weight excluding hydrogens is 1740 g/mol. The van der Waals surface area contributed by atoms with Crippen LogP contribution in [0.4, 0.5) is 0 Å². The molecule has 1 unspecified atom stereocenters. The van der Waals surface area contributed by atoms with Crippen molar-refractivity contribution in [1.82, 2.24) is 103 Å². The summed E-state index contributed by atoms with van der Waals surface area (Å²) in [6.07, 6.45) is 5.98. The Balaban J connectivity index is 1.19. The molecule has 17 amide bonds. The van der Waals surface area contributed by atoms with Crippen molar-refractivity contribution in [1.29, 1.82) is 5.41 Å². The third-order valence-corrected chi connectivity index (χ3v) is 24.7. The van der Waals surface area contributed by atoms with E-state index in [1.54, 1.807) is 105 Å². The number of fused-ring (bicyclic) bond motifs is 3. The van der Waals surface area contributed by atoms with Crippen LogP contribution in [0.5, 0.6) is 0 Å². The Bertz CT molecular complexity index is 5090. The summed E-state index contributed by atoms with van der Waals surface area (Å²) in [5.74, 6) is -17.1. The van der Waals surface area contributed by atoms with E-state index in [2.05, 4.69) is 78.4 Å². The van der Waals surface area contributed by atoms with Gasteiger partial charge in [-0.15, -0.1) is 11.8 Å². The number of imidazole rings is 1. The van der Waals surface area contributed by atoms with Crippen LogP contribution in [0.2, 0.25) is 0 Å². The van der Waals surface area contributed by atoms with E-state index in [9.17, 15) is 57.8 Å². The fourth-order valence-corrected chi connectivity index (χ4v) is 16.8. The zero-order valence-corrected chi connectivity index (χ0v) is 77.6. The van der Waals surface area contributed by atoms with E-state index in [4.69, 9.17) is 22.6 Å². The summed E-state index contributed by atoms with van der Waals surface area (Å²) in [5.41, 5.74) is 20.0. The largest absolute Gasteiger partial charge is 0.394 e.